The van der Waals surface area contributed by atoms with Gasteiger partial charge in [-0.2, -0.15) is 0 Å². The molecule has 4 nitrogen and oxygen atoms in total. The van der Waals surface area contributed by atoms with Gasteiger partial charge in [-0.3, -0.25) is 9.59 Å². The second kappa shape index (κ2) is 7.29. The molecule has 1 atom stereocenters. The number of carbonyl (C=O) groups is 2. The minimum absolute atomic E-state index is 0.112. The monoisotopic (exact) mass is 276 g/mol. The molecule has 1 rings (SSSR count). The van der Waals surface area contributed by atoms with Crippen molar-refractivity contribution in [3.63, 3.8) is 0 Å². The average Bonchev–Trinajstić information content (AvgIpc) is 2.79. The Morgan fingerprint density at radius 3 is 2.76 bits per heavy atom. The van der Waals surface area contributed by atoms with Gasteiger partial charge in [0.1, 0.15) is 6.10 Å². The zero-order valence-corrected chi connectivity index (χ0v) is 10.7. The molecule has 0 saturated heterocycles. The number of aliphatic carboxylic acids is 1. The van der Waals surface area contributed by atoms with E-state index in [9.17, 15) is 9.59 Å². The molecule has 1 aromatic rings. The van der Waals surface area contributed by atoms with Crippen molar-refractivity contribution in [2.45, 2.75) is 25.4 Å². The van der Waals surface area contributed by atoms with Gasteiger partial charge < -0.3 is 9.84 Å². The molecule has 0 spiro atoms. The number of halogens is 1. The fourth-order valence-electron chi connectivity index (χ4n) is 1.26. The first kappa shape index (κ1) is 14.0. The van der Waals surface area contributed by atoms with Gasteiger partial charge in [0.2, 0.25) is 0 Å². The van der Waals surface area contributed by atoms with Crippen LogP contribution >= 0.6 is 22.9 Å². The maximum Gasteiger partial charge on any atom is 0.307 e. The van der Waals surface area contributed by atoms with E-state index < -0.39 is 11.9 Å². The van der Waals surface area contributed by atoms with Gasteiger partial charge in [0.05, 0.1) is 12.8 Å². The summed E-state index contributed by atoms with van der Waals surface area (Å²) < 4.78 is 5.21. The van der Waals surface area contributed by atoms with Crippen LogP contribution in [0.5, 0.6) is 0 Å². The van der Waals surface area contributed by atoms with Gasteiger partial charge in [0, 0.05) is 17.2 Å². The number of hydrogen-bond donors (Lipinski definition) is 1. The van der Waals surface area contributed by atoms with E-state index >= 15 is 0 Å². The molecule has 0 aliphatic carbocycles. The topological polar surface area (TPSA) is 63.6 Å². The molecule has 0 amide bonds. The molecule has 1 N–H and O–H groups in total. The van der Waals surface area contributed by atoms with Crippen LogP contribution in [0.3, 0.4) is 0 Å². The first-order valence-electron chi connectivity index (χ1n) is 5.14. The highest BCUT2D eigenvalue weighted by atomic mass is 35.5. The van der Waals surface area contributed by atoms with Crippen molar-refractivity contribution < 1.29 is 19.4 Å². The number of carbonyl (C=O) groups excluding carboxylic acids is 1. The van der Waals surface area contributed by atoms with E-state index in [-0.39, 0.29) is 18.9 Å². The van der Waals surface area contributed by atoms with Crippen LogP contribution in [-0.4, -0.2) is 22.9 Å². The highest BCUT2D eigenvalue weighted by molar-refractivity contribution is 7.10. The van der Waals surface area contributed by atoms with Crippen LogP contribution < -0.4 is 0 Å². The molecule has 94 valence electrons. The van der Waals surface area contributed by atoms with Crippen molar-refractivity contribution >= 4 is 34.9 Å². The van der Waals surface area contributed by atoms with Crippen molar-refractivity contribution in [1.29, 1.82) is 0 Å². The number of carboxylic acids is 1. The van der Waals surface area contributed by atoms with E-state index in [4.69, 9.17) is 21.4 Å². The van der Waals surface area contributed by atoms with Gasteiger partial charge in [0.15, 0.2) is 0 Å². The summed E-state index contributed by atoms with van der Waals surface area (Å²) in [6, 6.07) is 3.73. The quantitative estimate of drug-likeness (QED) is 0.614. The van der Waals surface area contributed by atoms with Crippen LogP contribution in [0.15, 0.2) is 17.5 Å². The van der Waals surface area contributed by atoms with E-state index in [1.165, 1.54) is 11.3 Å². The van der Waals surface area contributed by atoms with E-state index in [2.05, 4.69) is 0 Å². The second-order valence-corrected chi connectivity index (χ2v) is 4.72. The van der Waals surface area contributed by atoms with Crippen molar-refractivity contribution in [3.05, 3.63) is 22.4 Å². The Kier molecular flexibility index (Phi) is 6.00. The second-order valence-electron chi connectivity index (χ2n) is 3.37. The van der Waals surface area contributed by atoms with Crippen LogP contribution in [0.25, 0.3) is 0 Å². The first-order chi connectivity index (χ1) is 8.13. The van der Waals surface area contributed by atoms with Crippen molar-refractivity contribution in [2.24, 2.45) is 0 Å². The predicted molar refractivity (Wildman–Crippen MR) is 65.4 cm³/mol. The Labute approximate surface area is 108 Å². The SMILES string of the molecule is O=C(O)CCC(=O)OC(CCCl)c1cccs1. The van der Waals surface area contributed by atoms with Crippen LogP contribution in [0.2, 0.25) is 0 Å². The lowest BCUT2D eigenvalue weighted by molar-refractivity contribution is -0.152. The van der Waals surface area contributed by atoms with Crippen LogP contribution in [0.4, 0.5) is 0 Å². The molecular formula is C11H13ClO4S. The number of rotatable bonds is 7. The summed E-state index contributed by atoms with van der Waals surface area (Å²) in [4.78, 5) is 22.6. The summed E-state index contributed by atoms with van der Waals surface area (Å²) >= 11 is 7.13. The molecule has 0 aromatic carbocycles. The Balaban J connectivity index is 2.49. The molecule has 1 unspecified atom stereocenters. The molecule has 0 fully saturated rings. The normalized spacial score (nSPS) is 12.1. The van der Waals surface area contributed by atoms with Gasteiger partial charge in [-0.1, -0.05) is 6.07 Å². The van der Waals surface area contributed by atoms with E-state index in [0.29, 0.717) is 12.3 Å². The van der Waals surface area contributed by atoms with Crippen LogP contribution in [0.1, 0.15) is 30.2 Å². The Hall–Kier alpha value is -1.07. The van der Waals surface area contributed by atoms with Crippen molar-refractivity contribution in [1.82, 2.24) is 0 Å². The van der Waals surface area contributed by atoms with Gasteiger partial charge in [0.25, 0.3) is 0 Å². The number of ether oxygens (including phenoxy) is 1. The number of esters is 1. The molecule has 1 aromatic heterocycles. The molecule has 6 heteroatoms. The first-order valence-corrected chi connectivity index (χ1v) is 6.55. The highest BCUT2D eigenvalue weighted by Gasteiger charge is 2.17. The zero-order valence-electron chi connectivity index (χ0n) is 9.10. The van der Waals surface area contributed by atoms with Gasteiger partial charge in [-0.25, -0.2) is 0 Å². The maximum absolute atomic E-state index is 11.4. The molecule has 1 heterocycles. The summed E-state index contributed by atoms with van der Waals surface area (Å²) in [5.74, 6) is -1.13. The lowest BCUT2D eigenvalue weighted by Crippen LogP contribution is -2.12. The number of thiophene rings is 1. The molecule has 0 aliphatic heterocycles. The van der Waals surface area contributed by atoms with Gasteiger partial charge >= 0.3 is 11.9 Å². The minimum atomic E-state index is -1.01. The molecule has 0 bridgehead atoms. The molecule has 0 saturated carbocycles. The summed E-state index contributed by atoms with van der Waals surface area (Å²) in [5, 5.41) is 10.3. The summed E-state index contributed by atoms with van der Waals surface area (Å²) in [6.45, 7) is 0. The molecule has 0 radical (unpaired) electrons. The largest absolute Gasteiger partial charge is 0.481 e. The van der Waals surface area contributed by atoms with Crippen molar-refractivity contribution in [3.8, 4) is 0 Å². The lowest BCUT2D eigenvalue weighted by atomic mass is 10.2. The molecule has 0 aliphatic rings. The molecule has 17 heavy (non-hydrogen) atoms. The van der Waals surface area contributed by atoms with Gasteiger partial charge in [-0.05, 0) is 11.4 Å². The Morgan fingerprint density at radius 2 is 2.24 bits per heavy atom. The Bertz CT molecular complexity index is 364. The van der Waals surface area contributed by atoms with E-state index in [1.807, 2.05) is 17.5 Å². The lowest BCUT2D eigenvalue weighted by Gasteiger charge is -2.15. The van der Waals surface area contributed by atoms with E-state index in [1.54, 1.807) is 0 Å². The smallest absolute Gasteiger partial charge is 0.307 e. The fraction of sp³-hybridized carbons (Fsp3) is 0.455. The Morgan fingerprint density at radius 1 is 1.47 bits per heavy atom. The predicted octanol–water partition coefficient (Wildman–Crippen LogP) is 2.83. The summed E-state index contributed by atoms with van der Waals surface area (Å²) in [6.07, 6.45) is -0.161. The average molecular weight is 277 g/mol. The number of carboxylic acid groups (broad SMARTS) is 1. The third-order valence-corrected chi connectivity index (χ3v) is 3.23. The summed E-state index contributed by atoms with van der Waals surface area (Å²) in [7, 11) is 0. The fourth-order valence-corrected chi connectivity index (χ4v) is 2.25. The molecular weight excluding hydrogens is 264 g/mol. The number of alkyl halides is 1. The van der Waals surface area contributed by atoms with Crippen LogP contribution in [-0.2, 0) is 14.3 Å². The number of hydrogen-bond acceptors (Lipinski definition) is 4. The van der Waals surface area contributed by atoms with Gasteiger partial charge in [-0.15, -0.1) is 22.9 Å². The minimum Gasteiger partial charge on any atom is -0.481 e. The zero-order chi connectivity index (χ0) is 12.7. The standard InChI is InChI=1S/C11H13ClO4S/c12-6-5-8(9-2-1-7-17-9)16-11(15)4-3-10(13)14/h1-2,7-8H,3-6H2,(H,13,14). The van der Waals surface area contributed by atoms with Crippen LogP contribution in [0, 0.1) is 0 Å². The van der Waals surface area contributed by atoms with Crippen molar-refractivity contribution in [2.75, 3.05) is 5.88 Å². The highest BCUT2D eigenvalue weighted by Crippen LogP contribution is 2.26. The summed E-state index contributed by atoms with van der Waals surface area (Å²) in [5.41, 5.74) is 0. The third kappa shape index (κ3) is 5.19. The third-order valence-electron chi connectivity index (χ3n) is 2.05. The van der Waals surface area contributed by atoms with E-state index in [0.717, 1.165) is 4.88 Å². The maximum atomic E-state index is 11.4.